The second-order valence-electron chi connectivity index (χ2n) is 8.52. The van der Waals surface area contributed by atoms with Crippen molar-refractivity contribution in [1.29, 1.82) is 0 Å². The maximum Gasteiger partial charge on any atom is 0.348 e. The van der Waals surface area contributed by atoms with Crippen molar-refractivity contribution >= 4 is 68.4 Å². The fourth-order valence-electron chi connectivity index (χ4n) is 3.84. The highest BCUT2D eigenvalue weighted by molar-refractivity contribution is 7.99. The lowest BCUT2D eigenvalue weighted by Crippen LogP contribution is -2.29. The van der Waals surface area contributed by atoms with Crippen LogP contribution in [0, 0.1) is 6.92 Å². The van der Waals surface area contributed by atoms with Crippen LogP contribution in [0.2, 0.25) is 10.0 Å². The summed E-state index contributed by atoms with van der Waals surface area (Å²) >= 11 is 14.6. The molecule has 198 valence electrons. The van der Waals surface area contributed by atoms with Gasteiger partial charge >= 0.3 is 5.97 Å². The predicted octanol–water partition coefficient (Wildman–Crippen LogP) is 6.05. The van der Waals surface area contributed by atoms with Gasteiger partial charge in [-0.1, -0.05) is 71.4 Å². The van der Waals surface area contributed by atoms with E-state index in [1.54, 1.807) is 44.0 Å². The lowest BCUT2D eigenvalue weighted by molar-refractivity contribution is -0.127. The smallest absolute Gasteiger partial charge is 0.348 e. The Balaban J connectivity index is 1.69. The molecule has 0 spiro atoms. The van der Waals surface area contributed by atoms with Crippen LogP contribution in [-0.4, -0.2) is 45.7 Å². The van der Waals surface area contributed by atoms with Gasteiger partial charge in [-0.3, -0.25) is 14.2 Å². The van der Waals surface area contributed by atoms with Crippen molar-refractivity contribution in [2.45, 2.75) is 32.1 Å². The van der Waals surface area contributed by atoms with Crippen LogP contribution in [-0.2, 0) is 22.6 Å². The Morgan fingerprint density at radius 2 is 1.84 bits per heavy atom. The number of aryl methyl sites for hydroxylation is 1. The minimum atomic E-state index is -0.490. The third-order valence-corrected chi connectivity index (χ3v) is 8.68. The molecule has 2 heterocycles. The molecule has 2 aromatic heterocycles. The molecule has 0 saturated heterocycles. The molecule has 0 aliphatic carbocycles. The summed E-state index contributed by atoms with van der Waals surface area (Å²) in [6.45, 7) is 4.30. The number of thiophene rings is 1. The number of carbonyl (C=O) groups excluding carboxylic acids is 2. The van der Waals surface area contributed by atoms with Gasteiger partial charge in [0.1, 0.15) is 9.71 Å². The average molecular weight is 591 g/mol. The standard InChI is InChI=1S/C27H25Cl2N3O4S2/c1-4-36-26(35)23-16(2)22-24(38-23)30-27(32(25(22)34)14-18-10-11-19(28)20(29)12-18)37-15-21(33)31(3)13-17-8-6-5-7-9-17/h5-12H,4,13-15H2,1-3H3. The van der Waals surface area contributed by atoms with Crippen LogP contribution in [0.3, 0.4) is 0 Å². The first-order chi connectivity index (χ1) is 18.2. The van der Waals surface area contributed by atoms with E-state index >= 15 is 0 Å². The first-order valence-electron chi connectivity index (χ1n) is 11.7. The highest BCUT2D eigenvalue weighted by atomic mass is 35.5. The van der Waals surface area contributed by atoms with Gasteiger partial charge < -0.3 is 9.64 Å². The summed E-state index contributed by atoms with van der Waals surface area (Å²) in [5.74, 6) is -0.517. The molecule has 0 fully saturated rings. The lowest BCUT2D eigenvalue weighted by Gasteiger charge is -2.18. The number of fused-ring (bicyclic) bond motifs is 1. The molecule has 0 N–H and O–H groups in total. The monoisotopic (exact) mass is 589 g/mol. The van der Waals surface area contributed by atoms with Gasteiger partial charge in [-0.15, -0.1) is 11.3 Å². The number of carbonyl (C=O) groups is 2. The Labute approximate surface area is 238 Å². The third-order valence-electron chi connectivity index (χ3n) is 5.81. The number of rotatable bonds is 9. The van der Waals surface area contributed by atoms with Crippen molar-refractivity contribution in [3.63, 3.8) is 0 Å². The lowest BCUT2D eigenvalue weighted by atomic mass is 10.2. The molecule has 0 unspecified atom stereocenters. The van der Waals surface area contributed by atoms with Gasteiger partial charge in [-0.25, -0.2) is 9.78 Å². The van der Waals surface area contributed by atoms with Gasteiger partial charge in [0, 0.05) is 13.6 Å². The Morgan fingerprint density at radius 1 is 1.11 bits per heavy atom. The van der Waals surface area contributed by atoms with Crippen LogP contribution < -0.4 is 5.56 Å². The Morgan fingerprint density at radius 3 is 2.53 bits per heavy atom. The summed E-state index contributed by atoms with van der Waals surface area (Å²) in [6.07, 6.45) is 0. The highest BCUT2D eigenvalue weighted by Crippen LogP contribution is 2.31. The maximum absolute atomic E-state index is 13.7. The largest absolute Gasteiger partial charge is 0.462 e. The zero-order valence-electron chi connectivity index (χ0n) is 21.0. The summed E-state index contributed by atoms with van der Waals surface area (Å²) in [6, 6.07) is 14.8. The molecule has 4 rings (SSSR count). The van der Waals surface area contributed by atoms with Crippen LogP contribution in [0.4, 0.5) is 0 Å². The summed E-state index contributed by atoms with van der Waals surface area (Å²) in [4.78, 5) is 46.3. The van der Waals surface area contributed by atoms with Crippen LogP contribution in [0.15, 0.2) is 58.5 Å². The maximum atomic E-state index is 13.7. The number of aromatic nitrogens is 2. The SMILES string of the molecule is CCOC(=O)c1sc2nc(SCC(=O)N(C)Cc3ccccc3)n(Cc3ccc(Cl)c(Cl)c3)c(=O)c2c1C. The minimum Gasteiger partial charge on any atom is -0.462 e. The Hall–Kier alpha value is -2.85. The van der Waals surface area contributed by atoms with Crippen molar-refractivity contribution in [3.05, 3.63) is 90.5 Å². The number of hydrogen-bond donors (Lipinski definition) is 0. The normalized spacial score (nSPS) is 11.1. The van der Waals surface area contributed by atoms with Crippen molar-refractivity contribution < 1.29 is 14.3 Å². The summed E-state index contributed by atoms with van der Waals surface area (Å²) in [7, 11) is 1.74. The highest BCUT2D eigenvalue weighted by Gasteiger charge is 2.23. The number of hydrogen-bond acceptors (Lipinski definition) is 7. The first-order valence-corrected chi connectivity index (χ1v) is 14.3. The fraction of sp³-hybridized carbons (Fsp3) is 0.259. The summed E-state index contributed by atoms with van der Waals surface area (Å²) in [5, 5.41) is 1.50. The first kappa shape index (κ1) is 28.2. The Bertz CT molecular complexity index is 1550. The minimum absolute atomic E-state index is 0.0811. The summed E-state index contributed by atoms with van der Waals surface area (Å²) < 4.78 is 6.67. The van der Waals surface area contributed by atoms with Gasteiger partial charge in [0.2, 0.25) is 5.91 Å². The number of benzene rings is 2. The predicted molar refractivity (Wildman–Crippen MR) is 154 cm³/mol. The van der Waals surface area contributed by atoms with Gasteiger partial charge in [0.05, 0.1) is 34.3 Å². The molecule has 11 heteroatoms. The van der Waals surface area contributed by atoms with Crippen molar-refractivity contribution in [2.75, 3.05) is 19.4 Å². The molecule has 0 radical (unpaired) electrons. The average Bonchev–Trinajstić information content (AvgIpc) is 3.23. The van der Waals surface area contributed by atoms with Gasteiger partial charge in [-0.05, 0) is 42.7 Å². The van der Waals surface area contributed by atoms with Crippen molar-refractivity contribution in [2.24, 2.45) is 0 Å². The van der Waals surface area contributed by atoms with Crippen LogP contribution in [0.5, 0.6) is 0 Å². The van der Waals surface area contributed by atoms with E-state index in [1.165, 1.54) is 16.3 Å². The van der Waals surface area contributed by atoms with Crippen molar-refractivity contribution in [1.82, 2.24) is 14.5 Å². The van der Waals surface area contributed by atoms with E-state index in [1.807, 2.05) is 30.3 Å². The molecular weight excluding hydrogens is 565 g/mol. The van der Waals surface area contributed by atoms with E-state index in [-0.39, 0.29) is 30.4 Å². The molecule has 0 atom stereocenters. The molecule has 7 nitrogen and oxygen atoms in total. The number of nitrogens with zero attached hydrogens (tertiary/aromatic N) is 3. The molecule has 38 heavy (non-hydrogen) atoms. The second kappa shape index (κ2) is 12.3. The van der Waals surface area contributed by atoms with E-state index in [4.69, 9.17) is 32.9 Å². The van der Waals surface area contributed by atoms with E-state index in [0.29, 0.717) is 42.4 Å². The number of esters is 1. The van der Waals surface area contributed by atoms with Gasteiger partial charge in [-0.2, -0.15) is 0 Å². The van der Waals surface area contributed by atoms with E-state index in [2.05, 4.69) is 0 Å². The number of thioether (sulfide) groups is 1. The van der Waals surface area contributed by atoms with E-state index in [0.717, 1.165) is 22.5 Å². The molecule has 0 aliphatic heterocycles. The zero-order valence-corrected chi connectivity index (χ0v) is 24.1. The fourth-order valence-corrected chi connectivity index (χ4v) is 6.22. The topological polar surface area (TPSA) is 81.5 Å². The molecule has 0 saturated carbocycles. The molecule has 2 aromatic carbocycles. The quantitative estimate of drug-likeness (QED) is 0.134. The van der Waals surface area contributed by atoms with Crippen LogP contribution in [0.1, 0.15) is 33.3 Å². The second-order valence-corrected chi connectivity index (χ2v) is 11.3. The zero-order chi connectivity index (χ0) is 27.4. The third kappa shape index (κ3) is 6.23. The van der Waals surface area contributed by atoms with Crippen LogP contribution in [0.25, 0.3) is 10.2 Å². The number of amides is 1. The molecule has 0 aliphatic rings. The van der Waals surface area contributed by atoms with E-state index < -0.39 is 5.97 Å². The molecular formula is C27H25Cl2N3O4S2. The van der Waals surface area contributed by atoms with Gasteiger partial charge in [0.25, 0.3) is 5.56 Å². The molecule has 1 amide bonds. The number of ether oxygens (including phenoxy) is 1. The molecule has 4 aromatic rings. The molecule has 0 bridgehead atoms. The Kier molecular flexibility index (Phi) is 9.15. The summed E-state index contributed by atoms with van der Waals surface area (Å²) in [5.41, 5.74) is 1.98. The van der Waals surface area contributed by atoms with Crippen LogP contribution >= 0.6 is 46.3 Å². The van der Waals surface area contributed by atoms with Crippen molar-refractivity contribution in [3.8, 4) is 0 Å². The van der Waals surface area contributed by atoms with E-state index in [9.17, 15) is 14.4 Å². The number of halogens is 2. The van der Waals surface area contributed by atoms with Gasteiger partial charge in [0.15, 0.2) is 5.16 Å².